The average molecular weight is 495 g/mol. The fourth-order valence-electron chi connectivity index (χ4n) is 3.89. The average Bonchev–Trinajstić information content (AvgIpc) is 3.37. The molecule has 1 unspecified atom stereocenters. The van der Waals surface area contributed by atoms with Crippen molar-refractivity contribution in [3.8, 4) is 5.69 Å². The van der Waals surface area contributed by atoms with Gasteiger partial charge in [-0.15, -0.1) is 0 Å². The molecule has 1 aromatic carbocycles. The minimum Gasteiger partial charge on any atom is -0.467 e. The molecular weight excluding hydrogens is 475 g/mol. The Morgan fingerprint density at radius 1 is 1.19 bits per heavy atom. The first-order chi connectivity index (χ1) is 15.2. The highest BCUT2D eigenvalue weighted by atomic mass is 35.5. The highest BCUT2D eigenvalue weighted by Crippen LogP contribution is 2.35. The lowest BCUT2D eigenvalue weighted by Gasteiger charge is -2.25. The van der Waals surface area contributed by atoms with Gasteiger partial charge in [0.15, 0.2) is 9.84 Å². The van der Waals surface area contributed by atoms with Crippen LogP contribution in [0.2, 0.25) is 10.2 Å². The number of halogens is 2. The minimum absolute atomic E-state index is 0.0442. The van der Waals surface area contributed by atoms with Gasteiger partial charge in [0, 0.05) is 24.9 Å². The summed E-state index contributed by atoms with van der Waals surface area (Å²) in [5, 5.41) is 4.08. The van der Waals surface area contributed by atoms with Crippen LogP contribution in [0.5, 0.6) is 0 Å². The van der Waals surface area contributed by atoms with E-state index in [4.69, 9.17) is 27.9 Å². The zero-order chi connectivity index (χ0) is 23.0. The number of benzene rings is 1. The van der Waals surface area contributed by atoms with Crippen LogP contribution < -0.4 is 4.90 Å². The summed E-state index contributed by atoms with van der Waals surface area (Å²) in [6.07, 6.45) is 1.60. The number of rotatable bonds is 5. The molecule has 11 heteroatoms. The SMILES string of the molecule is COC(=O)C1C[C@@H](S(=O)(=O)c2ccccc2Cl)CN1c1cc(C)nn1-c1ccnc(Cl)c1. The summed E-state index contributed by atoms with van der Waals surface area (Å²) in [5.41, 5.74) is 1.32. The van der Waals surface area contributed by atoms with Gasteiger partial charge in [0.1, 0.15) is 17.0 Å². The van der Waals surface area contributed by atoms with Crippen molar-refractivity contribution in [2.24, 2.45) is 0 Å². The molecule has 4 rings (SSSR count). The van der Waals surface area contributed by atoms with E-state index in [0.717, 1.165) is 0 Å². The van der Waals surface area contributed by atoms with Crippen molar-refractivity contribution in [2.75, 3.05) is 18.6 Å². The van der Waals surface area contributed by atoms with Crippen molar-refractivity contribution in [3.05, 3.63) is 64.5 Å². The molecule has 0 bridgehead atoms. The van der Waals surface area contributed by atoms with Crippen molar-refractivity contribution >= 4 is 44.8 Å². The number of methoxy groups -OCH3 is 1. The molecule has 1 fully saturated rings. The van der Waals surface area contributed by atoms with Crippen LogP contribution in [0.15, 0.2) is 53.6 Å². The first kappa shape index (κ1) is 22.6. The van der Waals surface area contributed by atoms with E-state index >= 15 is 0 Å². The Hall–Kier alpha value is -2.62. The summed E-state index contributed by atoms with van der Waals surface area (Å²) >= 11 is 12.2. The summed E-state index contributed by atoms with van der Waals surface area (Å²) in [7, 11) is -2.53. The lowest BCUT2D eigenvalue weighted by molar-refractivity contribution is -0.141. The van der Waals surface area contributed by atoms with Crippen LogP contribution in [0, 0.1) is 6.92 Å². The number of anilines is 1. The molecule has 0 spiro atoms. The number of carbonyl (C=O) groups is 1. The normalized spacial score (nSPS) is 18.7. The Balaban J connectivity index is 1.78. The second-order valence-corrected chi connectivity index (χ2v) is 10.4. The van der Waals surface area contributed by atoms with Gasteiger partial charge >= 0.3 is 5.97 Å². The Morgan fingerprint density at radius 3 is 2.62 bits per heavy atom. The van der Waals surface area contributed by atoms with Crippen LogP contribution >= 0.6 is 23.2 Å². The number of pyridine rings is 1. The molecule has 0 radical (unpaired) electrons. The maximum Gasteiger partial charge on any atom is 0.328 e. The van der Waals surface area contributed by atoms with Crippen LogP contribution in [0.3, 0.4) is 0 Å². The predicted molar refractivity (Wildman–Crippen MR) is 121 cm³/mol. The third-order valence-electron chi connectivity index (χ3n) is 5.38. The highest BCUT2D eigenvalue weighted by Gasteiger charge is 2.45. The van der Waals surface area contributed by atoms with E-state index in [1.54, 1.807) is 46.1 Å². The third-order valence-corrected chi connectivity index (χ3v) is 8.22. The van der Waals surface area contributed by atoms with E-state index in [1.165, 1.54) is 19.2 Å². The maximum absolute atomic E-state index is 13.4. The van der Waals surface area contributed by atoms with Crippen molar-refractivity contribution < 1.29 is 17.9 Å². The standard InChI is InChI=1S/C21H20Cl2N4O4S/c1-13-9-20(27(25-13)14-7-8-24-19(23)10-14)26-12-15(11-17(26)21(28)31-2)32(29,30)18-6-4-3-5-16(18)22/h3-10,15,17H,11-12H2,1-2H3/t15-,17?/m1/s1. The zero-order valence-corrected chi connectivity index (χ0v) is 19.6. The lowest BCUT2D eigenvalue weighted by Crippen LogP contribution is -2.38. The molecule has 0 amide bonds. The fourth-order valence-corrected chi connectivity index (χ4v) is 6.28. The largest absolute Gasteiger partial charge is 0.467 e. The molecule has 3 heterocycles. The Morgan fingerprint density at radius 2 is 1.94 bits per heavy atom. The number of hydrogen-bond donors (Lipinski definition) is 0. The van der Waals surface area contributed by atoms with E-state index in [0.29, 0.717) is 17.2 Å². The van der Waals surface area contributed by atoms with Gasteiger partial charge in [0.2, 0.25) is 0 Å². The third kappa shape index (κ3) is 4.07. The smallest absolute Gasteiger partial charge is 0.328 e. The van der Waals surface area contributed by atoms with E-state index < -0.39 is 27.1 Å². The van der Waals surface area contributed by atoms with Gasteiger partial charge in [-0.05, 0) is 31.5 Å². The van der Waals surface area contributed by atoms with Gasteiger partial charge in [0.05, 0.1) is 33.7 Å². The number of esters is 1. The molecule has 0 N–H and O–H groups in total. The maximum atomic E-state index is 13.4. The first-order valence-electron chi connectivity index (χ1n) is 9.74. The Labute approximate surface area is 195 Å². The molecular formula is C21H20Cl2N4O4S. The van der Waals surface area contributed by atoms with E-state index in [-0.39, 0.29) is 28.0 Å². The van der Waals surface area contributed by atoms with Gasteiger partial charge in [-0.1, -0.05) is 35.3 Å². The van der Waals surface area contributed by atoms with Crippen LogP contribution in [0.4, 0.5) is 5.82 Å². The summed E-state index contributed by atoms with van der Waals surface area (Å²) < 4.78 is 33.4. The summed E-state index contributed by atoms with van der Waals surface area (Å²) in [6.45, 7) is 1.88. The molecule has 1 aliphatic heterocycles. The summed E-state index contributed by atoms with van der Waals surface area (Å²) in [4.78, 5) is 18.4. The van der Waals surface area contributed by atoms with Crippen molar-refractivity contribution in [2.45, 2.75) is 29.5 Å². The van der Waals surface area contributed by atoms with Gasteiger partial charge in [0.25, 0.3) is 0 Å². The summed E-state index contributed by atoms with van der Waals surface area (Å²) in [5.74, 6) is 0.0250. The molecule has 2 atom stereocenters. The topological polar surface area (TPSA) is 94.4 Å². The molecule has 1 aliphatic rings. The molecule has 0 aliphatic carbocycles. The van der Waals surface area contributed by atoms with Crippen LogP contribution in [0.25, 0.3) is 5.69 Å². The van der Waals surface area contributed by atoms with E-state index in [9.17, 15) is 13.2 Å². The van der Waals surface area contributed by atoms with Crippen LogP contribution in [-0.4, -0.2) is 54.1 Å². The van der Waals surface area contributed by atoms with E-state index in [1.807, 2.05) is 6.92 Å². The number of aryl methyl sites for hydroxylation is 1. The van der Waals surface area contributed by atoms with Crippen LogP contribution in [-0.2, 0) is 19.4 Å². The summed E-state index contributed by atoms with van der Waals surface area (Å²) in [6, 6.07) is 10.6. The Bertz CT molecular complexity index is 1280. The van der Waals surface area contributed by atoms with Crippen molar-refractivity contribution in [1.29, 1.82) is 0 Å². The number of aromatic nitrogens is 3. The van der Waals surface area contributed by atoms with Gasteiger partial charge in [-0.3, -0.25) is 0 Å². The van der Waals surface area contributed by atoms with Gasteiger partial charge in [-0.2, -0.15) is 5.10 Å². The van der Waals surface area contributed by atoms with Crippen molar-refractivity contribution in [1.82, 2.24) is 14.8 Å². The number of ether oxygens (including phenoxy) is 1. The molecule has 0 saturated carbocycles. The number of hydrogen-bond acceptors (Lipinski definition) is 7. The second kappa shape index (κ2) is 8.73. The number of carbonyl (C=O) groups excluding carboxylic acids is 1. The quantitative estimate of drug-likeness (QED) is 0.395. The van der Waals surface area contributed by atoms with Gasteiger partial charge in [-0.25, -0.2) is 22.9 Å². The molecule has 2 aromatic heterocycles. The molecule has 32 heavy (non-hydrogen) atoms. The van der Waals surface area contributed by atoms with Crippen molar-refractivity contribution in [3.63, 3.8) is 0 Å². The van der Waals surface area contributed by atoms with Gasteiger partial charge < -0.3 is 9.64 Å². The number of sulfone groups is 1. The highest BCUT2D eigenvalue weighted by molar-refractivity contribution is 7.92. The van der Waals surface area contributed by atoms with Crippen LogP contribution in [0.1, 0.15) is 12.1 Å². The number of nitrogens with zero attached hydrogens (tertiary/aromatic N) is 4. The first-order valence-corrected chi connectivity index (χ1v) is 12.0. The molecule has 8 nitrogen and oxygen atoms in total. The molecule has 1 saturated heterocycles. The molecule has 3 aromatic rings. The predicted octanol–water partition coefficient (Wildman–Crippen LogP) is 3.48. The Kier molecular flexibility index (Phi) is 6.15. The monoisotopic (exact) mass is 494 g/mol. The minimum atomic E-state index is -3.80. The van der Waals surface area contributed by atoms with E-state index in [2.05, 4.69) is 10.1 Å². The second-order valence-electron chi connectivity index (χ2n) is 7.42. The lowest BCUT2D eigenvalue weighted by atomic mass is 10.2. The zero-order valence-electron chi connectivity index (χ0n) is 17.3. The fraction of sp³-hybridized carbons (Fsp3) is 0.286. The molecule has 168 valence electrons.